The van der Waals surface area contributed by atoms with Crippen LogP contribution in [-0.2, 0) is 6.18 Å². The van der Waals surface area contributed by atoms with Crippen molar-refractivity contribution in [3.8, 4) is 0 Å². The van der Waals surface area contributed by atoms with Gasteiger partial charge in [0.15, 0.2) is 0 Å². The van der Waals surface area contributed by atoms with Crippen molar-refractivity contribution in [3.05, 3.63) is 32.6 Å². The van der Waals surface area contributed by atoms with Crippen LogP contribution < -0.4 is 11.2 Å². The van der Waals surface area contributed by atoms with Gasteiger partial charge in [0, 0.05) is 29.8 Å². The molecule has 1 rings (SSSR count). The Morgan fingerprint density at radius 2 is 1.71 bits per heavy atom. The van der Waals surface area contributed by atoms with E-state index in [1.54, 1.807) is 0 Å². The standard InChI is InChI=1S/C5HCl2F3N2O2/c6-11-1-2(5(8,9)10)3(13)12(7)4(11)14/h1H. The molecule has 0 saturated carbocycles. The molecule has 78 valence electrons. The summed E-state index contributed by atoms with van der Waals surface area (Å²) in [6.45, 7) is 0. The molecule has 0 aliphatic heterocycles. The molecule has 0 radical (unpaired) electrons. The predicted molar refractivity (Wildman–Crippen MR) is 42.5 cm³/mol. The van der Waals surface area contributed by atoms with E-state index in [4.69, 9.17) is 23.6 Å². The maximum Gasteiger partial charge on any atom is 0.423 e. The SMILES string of the molecule is O=c1c(C(F)(F)F)cn(Cl)c(=O)n1Cl. The van der Waals surface area contributed by atoms with Gasteiger partial charge in [0.1, 0.15) is 5.56 Å². The zero-order valence-corrected chi connectivity index (χ0v) is 7.69. The van der Waals surface area contributed by atoms with E-state index >= 15 is 0 Å². The van der Waals surface area contributed by atoms with E-state index in [9.17, 15) is 22.8 Å². The molecule has 0 saturated heterocycles. The molecule has 0 bridgehead atoms. The van der Waals surface area contributed by atoms with Crippen LogP contribution in [-0.4, -0.2) is 8.17 Å². The second-order valence-corrected chi connectivity index (χ2v) is 2.92. The van der Waals surface area contributed by atoms with Crippen molar-refractivity contribution in [1.82, 2.24) is 8.17 Å². The van der Waals surface area contributed by atoms with Crippen LogP contribution in [0, 0.1) is 0 Å². The maximum atomic E-state index is 12.1. The van der Waals surface area contributed by atoms with Gasteiger partial charge in [-0.2, -0.15) is 17.3 Å². The Bertz CT molecular complexity index is 475. The molecule has 1 aromatic rings. The minimum Gasteiger partial charge on any atom is -0.267 e. The highest BCUT2D eigenvalue weighted by atomic mass is 35.5. The first kappa shape index (κ1) is 11.1. The summed E-state index contributed by atoms with van der Waals surface area (Å²) >= 11 is 10.0. The highest BCUT2D eigenvalue weighted by Crippen LogP contribution is 2.25. The van der Waals surface area contributed by atoms with E-state index < -0.39 is 23.0 Å². The van der Waals surface area contributed by atoms with Crippen LogP contribution in [0.3, 0.4) is 0 Å². The smallest absolute Gasteiger partial charge is 0.267 e. The van der Waals surface area contributed by atoms with Crippen LogP contribution in [0.1, 0.15) is 5.56 Å². The van der Waals surface area contributed by atoms with Crippen molar-refractivity contribution < 1.29 is 13.2 Å². The van der Waals surface area contributed by atoms with Crippen LogP contribution in [0.15, 0.2) is 15.8 Å². The van der Waals surface area contributed by atoms with Crippen LogP contribution in [0.25, 0.3) is 0 Å². The topological polar surface area (TPSA) is 44.0 Å². The Hall–Kier alpha value is -0.950. The number of hydrogen-bond acceptors (Lipinski definition) is 2. The summed E-state index contributed by atoms with van der Waals surface area (Å²) in [4.78, 5) is 21.6. The predicted octanol–water partition coefficient (Wildman–Crippen LogP) is 1.03. The Kier molecular flexibility index (Phi) is 2.64. The largest absolute Gasteiger partial charge is 0.423 e. The highest BCUT2D eigenvalue weighted by molar-refractivity contribution is 6.17. The molecule has 0 fully saturated rings. The minimum atomic E-state index is -4.90. The van der Waals surface area contributed by atoms with E-state index in [1.165, 1.54) is 0 Å². The fraction of sp³-hybridized carbons (Fsp3) is 0.200. The number of nitrogens with zero attached hydrogens (tertiary/aromatic N) is 2. The quantitative estimate of drug-likeness (QED) is 0.689. The van der Waals surface area contributed by atoms with Gasteiger partial charge < -0.3 is 0 Å². The fourth-order valence-electron chi connectivity index (χ4n) is 0.695. The molecule has 0 atom stereocenters. The Balaban J connectivity index is 3.67. The van der Waals surface area contributed by atoms with Crippen LogP contribution >= 0.6 is 23.6 Å². The van der Waals surface area contributed by atoms with E-state index in [0.717, 1.165) is 0 Å². The lowest BCUT2D eigenvalue weighted by molar-refractivity contribution is -0.139. The molecule has 0 aliphatic rings. The summed E-state index contributed by atoms with van der Waals surface area (Å²) in [7, 11) is 0. The van der Waals surface area contributed by atoms with E-state index in [-0.39, 0.29) is 14.4 Å². The first-order chi connectivity index (χ1) is 6.25. The van der Waals surface area contributed by atoms with Crippen molar-refractivity contribution in [1.29, 1.82) is 0 Å². The molecule has 0 unspecified atom stereocenters. The molecule has 9 heteroatoms. The van der Waals surface area contributed by atoms with Gasteiger partial charge in [0.25, 0.3) is 5.56 Å². The van der Waals surface area contributed by atoms with Crippen molar-refractivity contribution in [2.24, 2.45) is 0 Å². The molecular weight excluding hydrogens is 248 g/mol. The highest BCUT2D eigenvalue weighted by Gasteiger charge is 2.36. The van der Waals surface area contributed by atoms with Gasteiger partial charge in [-0.25, -0.2) is 8.88 Å². The van der Waals surface area contributed by atoms with Crippen LogP contribution in [0.5, 0.6) is 0 Å². The summed E-state index contributed by atoms with van der Waals surface area (Å²) in [6.07, 6.45) is -4.73. The van der Waals surface area contributed by atoms with Crippen LogP contribution in [0.4, 0.5) is 13.2 Å². The van der Waals surface area contributed by atoms with E-state index in [1.807, 2.05) is 0 Å². The Morgan fingerprint density at radius 1 is 1.21 bits per heavy atom. The van der Waals surface area contributed by atoms with Gasteiger partial charge in [-0.1, -0.05) is 0 Å². The summed E-state index contributed by atoms with van der Waals surface area (Å²) in [5.41, 5.74) is -4.52. The maximum absolute atomic E-state index is 12.1. The third-order valence-corrected chi connectivity index (χ3v) is 1.85. The second-order valence-electron chi connectivity index (χ2n) is 2.22. The third-order valence-electron chi connectivity index (χ3n) is 1.31. The number of halogens is 5. The van der Waals surface area contributed by atoms with Crippen LogP contribution in [0.2, 0.25) is 0 Å². The lowest BCUT2D eigenvalue weighted by Crippen LogP contribution is -2.37. The van der Waals surface area contributed by atoms with Crippen molar-refractivity contribution in [3.63, 3.8) is 0 Å². The average Bonchev–Trinajstić information content (AvgIpc) is 2.06. The molecule has 14 heavy (non-hydrogen) atoms. The number of rotatable bonds is 0. The normalized spacial score (nSPS) is 11.8. The van der Waals surface area contributed by atoms with Gasteiger partial charge in [-0.05, 0) is 0 Å². The lowest BCUT2D eigenvalue weighted by atomic mass is 10.3. The summed E-state index contributed by atoms with van der Waals surface area (Å²) < 4.78 is 36.1. The van der Waals surface area contributed by atoms with Crippen molar-refractivity contribution in [2.75, 3.05) is 0 Å². The zero-order chi connectivity index (χ0) is 11.1. The van der Waals surface area contributed by atoms with Gasteiger partial charge in [-0.3, -0.25) is 4.79 Å². The van der Waals surface area contributed by atoms with Crippen molar-refractivity contribution in [2.45, 2.75) is 6.18 Å². The second kappa shape index (κ2) is 3.32. The number of alkyl halides is 3. The van der Waals surface area contributed by atoms with Crippen molar-refractivity contribution >= 4 is 23.6 Å². The van der Waals surface area contributed by atoms with E-state index in [2.05, 4.69) is 0 Å². The molecular formula is C5HCl2F3N2O2. The molecule has 0 spiro atoms. The molecule has 0 aliphatic carbocycles. The first-order valence-corrected chi connectivity index (χ1v) is 3.71. The van der Waals surface area contributed by atoms with E-state index in [0.29, 0.717) is 0 Å². The summed E-state index contributed by atoms with van der Waals surface area (Å²) in [5.74, 6) is 0. The van der Waals surface area contributed by atoms with Gasteiger partial charge >= 0.3 is 11.9 Å². The van der Waals surface area contributed by atoms with Gasteiger partial charge in [0.05, 0.1) is 0 Å². The summed E-state index contributed by atoms with van der Waals surface area (Å²) in [6, 6.07) is 0. The number of aromatic nitrogens is 2. The molecule has 1 aromatic heterocycles. The first-order valence-electron chi connectivity index (χ1n) is 3.03. The minimum absolute atomic E-state index is 0.0528. The molecule has 0 N–H and O–H groups in total. The number of hydrogen-bond donors (Lipinski definition) is 0. The molecule has 4 nitrogen and oxygen atoms in total. The molecule has 0 aromatic carbocycles. The lowest BCUT2D eigenvalue weighted by Gasteiger charge is -2.06. The Labute approximate surface area is 84.3 Å². The monoisotopic (exact) mass is 248 g/mol. The van der Waals surface area contributed by atoms with Gasteiger partial charge in [-0.15, -0.1) is 0 Å². The summed E-state index contributed by atoms with van der Waals surface area (Å²) in [5, 5.41) is 0. The van der Waals surface area contributed by atoms with Gasteiger partial charge in [0.2, 0.25) is 0 Å². The third kappa shape index (κ3) is 1.78. The Morgan fingerprint density at radius 3 is 2.14 bits per heavy atom. The average molecular weight is 249 g/mol. The zero-order valence-electron chi connectivity index (χ0n) is 6.18. The fourth-order valence-corrected chi connectivity index (χ4v) is 1.08. The molecule has 1 heterocycles. The molecule has 0 amide bonds.